The highest BCUT2D eigenvalue weighted by atomic mass is 32.2. The highest BCUT2D eigenvalue weighted by molar-refractivity contribution is 7.91. The van der Waals surface area contributed by atoms with E-state index in [2.05, 4.69) is 5.32 Å². The van der Waals surface area contributed by atoms with Crippen molar-refractivity contribution in [1.29, 1.82) is 0 Å². The van der Waals surface area contributed by atoms with Gasteiger partial charge in [0.25, 0.3) is 0 Å². The largest absolute Gasteiger partial charge is 0.384 e. The minimum absolute atomic E-state index is 0.00296. The molecule has 2 aliphatic rings. The summed E-state index contributed by atoms with van der Waals surface area (Å²) in [4.78, 5) is 12.2. The smallest absolute Gasteiger partial charge is 0.223 e. The second-order valence-corrected chi connectivity index (χ2v) is 10.4. The van der Waals surface area contributed by atoms with E-state index in [1.165, 1.54) is 11.4 Å². The number of piperidine rings is 1. The maximum absolute atomic E-state index is 12.2. The molecule has 1 unspecified atom stereocenters. The average molecular weight is 368 g/mol. The van der Waals surface area contributed by atoms with Gasteiger partial charge < -0.3 is 10.1 Å². The molecule has 0 aromatic heterocycles. The number of sulfone groups is 1. The molecular formula is C13H24N2O6S2. The van der Waals surface area contributed by atoms with Crippen molar-refractivity contribution in [3.05, 3.63) is 0 Å². The average Bonchev–Trinajstić information content (AvgIpc) is 2.84. The minimum atomic E-state index is -3.34. The van der Waals surface area contributed by atoms with Crippen molar-refractivity contribution < 1.29 is 26.4 Å². The van der Waals surface area contributed by atoms with Gasteiger partial charge in [0.05, 0.1) is 23.9 Å². The summed E-state index contributed by atoms with van der Waals surface area (Å²) in [5.74, 6) is -0.356. The lowest BCUT2D eigenvalue weighted by Gasteiger charge is -2.31. The van der Waals surface area contributed by atoms with E-state index in [1.54, 1.807) is 0 Å². The molecule has 10 heteroatoms. The van der Waals surface area contributed by atoms with Gasteiger partial charge in [0.15, 0.2) is 9.84 Å². The summed E-state index contributed by atoms with van der Waals surface area (Å²) in [5.41, 5.74) is 0. The summed E-state index contributed by atoms with van der Waals surface area (Å²) in [6, 6.07) is -0.309. The molecule has 2 fully saturated rings. The third-order valence-electron chi connectivity index (χ3n) is 4.34. The Balaban J connectivity index is 1.81. The molecule has 0 aromatic carbocycles. The lowest BCUT2D eigenvalue weighted by molar-refractivity contribution is -0.126. The van der Waals surface area contributed by atoms with Crippen LogP contribution in [0, 0.1) is 5.92 Å². The molecule has 2 rings (SSSR count). The van der Waals surface area contributed by atoms with Crippen LogP contribution in [-0.2, 0) is 29.4 Å². The van der Waals surface area contributed by atoms with Crippen molar-refractivity contribution in [1.82, 2.24) is 9.62 Å². The van der Waals surface area contributed by atoms with Gasteiger partial charge in [0, 0.05) is 32.2 Å². The number of methoxy groups -OCH3 is 1. The number of rotatable bonds is 6. The minimum Gasteiger partial charge on any atom is -0.384 e. The summed E-state index contributed by atoms with van der Waals surface area (Å²) < 4.78 is 53.1. The Labute approximate surface area is 137 Å². The molecule has 23 heavy (non-hydrogen) atoms. The van der Waals surface area contributed by atoms with E-state index >= 15 is 0 Å². The number of amides is 1. The number of carbonyl (C=O) groups excluding carboxylic acids is 1. The molecule has 134 valence electrons. The Morgan fingerprint density at radius 2 is 1.91 bits per heavy atom. The second-order valence-electron chi connectivity index (χ2n) is 6.09. The Morgan fingerprint density at radius 3 is 2.43 bits per heavy atom. The highest BCUT2D eigenvalue weighted by Crippen LogP contribution is 2.21. The first-order chi connectivity index (χ1) is 10.7. The van der Waals surface area contributed by atoms with Crippen molar-refractivity contribution in [3.8, 4) is 0 Å². The van der Waals surface area contributed by atoms with Gasteiger partial charge in [-0.2, -0.15) is 0 Å². The quantitative estimate of drug-likeness (QED) is 0.642. The standard InChI is InChI=1S/C13H24N2O6S2/c1-21-7-9-23(19,20)15-5-2-11(3-6-15)13(16)14-12-4-8-22(17,18)10-12/h11-12H,2-10H2,1H3,(H,14,16). The Hall–Kier alpha value is -0.710. The van der Waals surface area contributed by atoms with Crippen LogP contribution >= 0.6 is 0 Å². The number of hydrogen-bond donors (Lipinski definition) is 1. The fourth-order valence-corrected chi connectivity index (χ4v) is 6.02. The van der Waals surface area contributed by atoms with Gasteiger partial charge in [0.1, 0.15) is 0 Å². The zero-order chi connectivity index (χ0) is 17.1. The second kappa shape index (κ2) is 7.45. The topological polar surface area (TPSA) is 110 Å². The third-order valence-corrected chi connectivity index (χ3v) is 7.94. The predicted molar refractivity (Wildman–Crippen MR) is 85.2 cm³/mol. The van der Waals surface area contributed by atoms with Crippen LogP contribution in [0.5, 0.6) is 0 Å². The summed E-state index contributed by atoms with van der Waals surface area (Å²) in [7, 11) is -4.90. The van der Waals surface area contributed by atoms with Crippen molar-refractivity contribution in [2.75, 3.05) is 44.1 Å². The molecule has 8 nitrogen and oxygen atoms in total. The van der Waals surface area contributed by atoms with E-state index < -0.39 is 19.9 Å². The Kier molecular flexibility index (Phi) is 6.04. The lowest BCUT2D eigenvalue weighted by Crippen LogP contribution is -2.46. The fourth-order valence-electron chi connectivity index (χ4n) is 2.94. The third kappa shape index (κ3) is 5.13. The van der Waals surface area contributed by atoms with Crippen LogP contribution in [0.3, 0.4) is 0 Å². The van der Waals surface area contributed by atoms with E-state index in [9.17, 15) is 21.6 Å². The van der Waals surface area contributed by atoms with E-state index in [1.807, 2.05) is 0 Å². The van der Waals surface area contributed by atoms with Gasteiger partial charge in [-0.3, -0.25) is 4.79 Å². The van der Waals surface area contributed by atoms with Crippen molar-refractivity contribution in [3.63, 3.8) is 0 Å². The molecule has 1 atom stereocenters. The Morgan fingerprint density at radius 1 is 1.26 bits per heavy atom. The summed E-state index contributed by atoms with van der Waals surface area (Å²) in [5, 5.41) is 2.79. The first-order valence-corrected chi connectivity index (χ1v) is 11.1. The van der Waals surface area contributed by atoms with Gasteiger partial charge in [-0.1, -0.05) is 0 Å². The normalized spacial score (nSPS) is 26.2. The Bertz CT molecular complexity index is 623. The molecule has 0 spiro atoms. The summed E-state index contributed by atoms with van der Waals surface area (Å²) in [6.45, 7) is 0.777. The van der Waals surface area contributed by atoms with E-state index in [0.717, 1.165) is 0 Å². The van der Waals surface area contributed by atoms with E-state index in [-0.39, 0.29) is 41.7 Å². The van der Waals surface area contributed by atoms with E-state index in [4.69, 9.17) is 4.74 Å². The summed E-state index contributed by atoms with van der Waals surface area (Å²) >= 11 is 0. The number of nitrogens with zero attached hydrogens (tertiary/aromatic N) is 1. The zero-order valence-electron chi connectivity index (χ0n) is 13.2. The highest BCUT2D eigenvalue weighted by Gasteiger charge is 2.34. The van der Waals surface area contributed by atoms with Crippen LogP contribution in [-0.4, -0.2) is 77.2 Å². The van der Waals surface area contributed by atoms with Crippen molar-refractivity contribution >= 4 is 25.8 Å². The number of carbonyl (C=O) groups is 1. The lowest BCUT2D eigenvalue weighted by atomic mass is 9.97. The van der Waals surface area contributed by atoms with Crippen LogP contribution in [0.4, 0.5) is 0 Å². The van der Waals surface area contributed by atoms with Crippen LogP contribution < -0.4 is 5.32 Å². The molecule has 2 heterocycles. The SMILES string of the molecule is COCCS(=O)(=O)N1CCC(C(=O)NC2CCS(=O)(=O)C2)CC1. The molecule has 0 aliphatic carbocycles. The molecule has 2 aliphatic heterocycles. The van der Waals surface area contributed by atoms with Gasteiger partial charge in [-0.25, -0.2) is 21.1 Å². The van der Waals surface area contributed by atoms with Crippen LogP contribution in [0.1, 0.15) is 19.3 Å². The summed E-state index contributed by atoms with van der Waals surface area (Å²) in [6.07, 6.45) is 1.37. The first-order valence-electron chi connectivity index (χ1n) is 7.71. The van der Waals surface area contributed by atoms with Crippen LogP contribution in [0.25, 0.3) is 0 Å². The maximum atomic E-state index is 12.2. The fraction of sp³-hybridized carbons (Fsp3) is 0.923. The predicted octanol–water partition coefficient (Wildman–Crippen LogP) is -1.02. The van der Waals surface area contributed by atoms with Crippen LogP contribution in [0.2, 0.25) is 0 Å². The van der Waals surface area contributed by atoms with Gasteiger partial charge in [0.2, 0.25) is 15.9 Å². The molecule has 1 N–H and O–H groups in total. The molecule has 1 amide bonds. The van der Waals surface area contributed by atoms with Crippen molar-refractivity contribution in [2.24, 2.45) is 5.92 Å². The van der Waals surface area contributed by atoms with Crippen molar-refractivity contribution in [2.45, 2.75) is 25.3 Å². The molecular weight excluding hydrogens is 344 g/mol. The first kappa shape index (κ1) is 18.6. The van der Waals surface area contributed by atoms with Gasteiger partial charge in [-0.05, 0) is 19.3 Å². The monoisotopic (exact) mass is 368 g/mol. The zero-order valence-corrected chi connectivity index (χ0v) is 14.9. The number of sulfonamides is 1. The van der Waals surface area contributed by atoms with E-state index in [0.29, 0.717) is 32.4 Å². The van der Waals surface area contributed by atoms with Gasteiger partial charge in [-0.15, -0.1) is 0 Å². The molecule has 0 radical (unpaired) electrons. The number of hydrogen-bond acceptors (Lipinski definition) is 6. The van der Waals surface area contributed by atoms with Gasteiger partial charge >= 0.3 is 0 Å². The molecule has 0 bridgehead atoms. The van der Waals surface area contributed by atoms with Crippen LogP contribution in [0.15, 0.2) is 0 Å². The maximum Gasteiger partial charge on any atom is 0.223 e. The molecule has 0 saturated carbocycles. The number of ether oxygens (including phenoxy) is 1. The number of nitrogens with one attached hydrogen (secondary N) is 1. The molecule has 0 aromatic rings. The molecule has 2 saturated heterocycles.